The lowest BCUT2D eigenvalue weighted by atomic mass is 9.77. The first-order valence-corrected chi connectivity index (χ1v) is 8.09. The molecule has 1 aliphatic carbocycles. The zero-order valence-corrected chi connectivity index (χ0v) is 13.3. The minimum atomic E-state index is -0.958. The van der Waals surface area contributed by atoms with Crippen molar-refractivity contribution in [1.82, 2.24) is 0 Å². The van der Waals surface area contributed by atoms with Crippen LogP contribution in [0.4, 0.5) is 11.4 Å². The number of allylic oxidation sites excluding steroid dienone is 2. The number of carboxylic acid groups (broad SMARTS) is 1. The normalized spacial score (nSPS) is 23.4. The highest BCUT2D eigenvalue weighted by molar-refractivity contribution is 5.89. The van der Waals surface area contributed by atoms with E-state index in [1.807, 2.05) is 6.07 Å². The van der Waals surface area contributed by atoms with Crippen LogP contribution in [-0.4, -0.2) is 16.0 Å². The lowest BCUT2D eigenvalue weighted by molar-refractivity contribution is -0.384. The van der Waals surface area contributed by atoms with E-state index in [0.717, 1.165) is 23.2 Å². The SMILES string of the molecule is O=C(O)c1ccc2c(c1)N[C@H](c1ccc([N+](=O)[O-])cc1)[C@H]1CC=C[C@@H]21. The maximum atomic E-state index is 11.3. The molecule has 0 saturated heterocycles. The zero-order valence-electron chi connectivity index (χ0n) is 13.3. The zero-order chi connectivity index (χ0) is 17.6. The lowest BCUT2D eigenvalue weighted by Gasteiger charge is -2.37. The summed E-state index contributed by atoms with van der Waals surface area (Å²) in [7, 11) is 0. The van der Waals surface area contributed by atoms with E-state index in [-0.39, 0.29) is 23.2 Å². The molecule has 25 heavy (non-hydrogen) atoms. The third-order valence-electron chi connectivity index (χ3n) is 5.07. The molecule has 0 unspecified atom stereocenters. The number of nitro benzene ring substituents is 1. The molecule has 0 amide bonds. The van der Waals surface area contributed by atoms with Crippen molar-refractivity contribution in [3.63, 3.8) is 0 Å². The van der Waals surface area contributed by atoms with Gasteiger partial charge in [-0.1, -0.05) is 30.4 Å². The Bertz CT molecular complexity index is 889. The summed E-state index contributed by atoms with van der Waals surface area (Å²) in [6.07, 6.45) is 5.23. The number of carboxylic acids is 1. The number of benzene rings is 2. The number of nitrogens with one attached hydrogen (secondary N) is 1. The Balaban J connectivity index is 1.74. The second-order valence-electron chi connectivity index (χ2n) is 6.43. The minimum Gasteiger partial charge on any atom is -0.478 e. The third kappa shape index (κ3) is 2.55. The fraction of sp³-hybridized carbons (Fsp3) is 0.211. The van der Waals surface area contributed by atoms with Crippen molar-refractivity contribution in [3.8, 4) is 0 Å². The van der Waals surface area contributed by atoms with Gasteiger partial charge in [0.2, 0.25) is 0 Å². The molecule has 2 aliphatic rings. The number of rotatable bonds is 3. The monoisotopic (exact) mass is 336 g/mol. The number of anilines is 1. The largest absolute Gasteiger partial charge is 0.478 e. The fourth-order valence-corrected chi connectivity index (χ4v) is 3.86. The van der Waals surface area contributed by atoms with Gasteiger partial charge in [-0.3, -0.25) is 10.1 Å². The Morgan fingerprint density at radius 1 is 1.20 bits per heavy atom. The van der Waals surface area contributed by atoms with Crippen LogP contribution in [0.2, 0.25) is 0 Å². The topological polar surface area (TPSA) is 92.5 Å². The van der Waals surface area contributed by atoms with Crippen molar-refractivity contribution in [2.75, 3.05) is 5.32 Å². The summed E-state index contributed by atoms with van der Waals surface area (Å²) in [5.74, 6) is -0.426. The van der Waals surface area contributed by atoms with E-state index >= 15 is 0 Å². The quantitative estimate of drug-likeness (QED) is 0.500. The summed E-state index contributed by atoms with van der Waals surface area (Å²) >= 11 is 0. The van der Waals surface area contributed by atoms with Gasteiger partial charge < -0.3 is 10.4 Å². The average Bonchev–Trinajstić information content (AvgIpc) is 3.10. The van der Waals surface area contributed by atoms with Gasteiger partial charge in [-0.2, -0.15) is 0 Å². The molecule has 0 fully saturated rings. The molecule has 0 spiro atoms. The second kappa shape index (κ2) is 5.73. The molecule has 6 heteroatoms. The summed E-state index contributed by atoms with van der Waals surface area (Å²) in [5, 5.41) is 23.5. The Morgan fingerprint density at radius 3 is 2.64 bits per heavy atom. The van der Waals surface area contributed by atoms with Crippen LogP contribution in [0.3, 0.4) is 0 Å². The fourth-order valence-electron chi connectivity index (χ4n) is 3.86. The molecule has 126 valence electrons. The number of hydrogen-bond donors (Lipinski definition) is 2. The molecular weight excluding hydrogens is 320 g/mol. The van der Waals surface area contributed by atoms with Crippen LogP contribution in [0.1, 0.15) is 39.9 Å². The molecular formula is C19H16N2O4. The van der Waals surface area contributed by atoms with Gasteiger partial charge in [-0.05, 0) is 35.6 Å². The molecule has 6 nitrogen and oxygen atoms in total. The van der Waals surface area contributed by atoms with E-state index in [1.54, 1.807) is 24.3 Å². The predicted molar refractivity (Wildman–Crippen MR) is 92.8 cm³/mol. The highest BCUT2D eigenvalue weighted by Crippen LogP contribution is 2.49. The molecule has 0 bridgehead atoms. The maximum Gasteiger partial charge on any atom is 0.335 e. The third-order valence-corrected chi connectivity index (χ3v) is 5.07. The number of nitro groups is 1. The van der Waals surface area contributed by atoms with E-state index in [4.69, 9.17) is 0 Å². The standard InChI is InChI=1S/C19H16N2O4/c22-19(23)12-6-9-15-14-2-1-3-16(14)18(20-17(15)10-12)11-4-7-13(8-5-11)21(24)25/h1-2,4-10,14,16,18,20H,3H2,(H,22,23)/t14-,16-,18+/m0/s1. The van der Waals surface area contributed by atoms with Crippen molar-refractivity contribution in [1.29, 1.82) is 0 Å². The number of fused-ring (bicyclic) bond motifs is 3. The molecule has 4 rings (SSSR count). The lowest BCUT2D eigenvalue weighted by Crippen LogP contribution is -2.29. The van der Waals surface area contributed by atoms with Crippen molar-refractivity contribution in [2.45, 2.75) is 18.4 Å². The van der Waals surface area contributed by atoms with Gasteiger partial charge in [-0.25, -0.2) is 4.79 Å². The van der Waals surface area contributed by atoms with Crippen LogP contribution < -0.4 is 5.32 Å². The highest BCUT2D eigenvalue weighted by Gasteiger charge is 2.38. The van der Waals surface area contributed by atoms with Gasteiger partial charge in [0.05, 0.1) is 16.5 Å². The number of carbonyl (C=O) groups is 1. The number of non-ortho nitro benzene ring substituents is 1. The van der Waals surface area contributed by atoms with Crippen LogP contribution in [0, 0.1) is 16.0 Å². The van der Waals surface area contributed by atoms with Gasteiger partial charge in [-0.15, -0.1) is 0 Å². The van der Waals surface area contributed by atoms with Crippen molar-refractivity contribution >= 4 is 17.3 Å². The first-order valence-electron chi connectivity index (χ1n) is 8.09. The second-order valence-corrected chi connectivity index (χ2v) is 6.43. The Morgan fingerprint density at radius 2 is 1.96 bits per heavy atom. The van der Waals surface area contributed by atoms with Gasteiger partial charge in [0.15, 0.2) is 0 Å². The van der Waals surface area contributed by atoms with Crippen molar-refractivity contribution in [3.05, 3.63) is 81.4 Å². The average molecular weight is 336 g/mol. The Hall–Kier alpha value is -3.15. The molecule has 2 N–H and O–H groups in total. The highest BCUT2D eigenvalue weighted by atomic mass is 16.6. The molecule has 0 saturated carbocycles. The molecule has 2 aromatic carbocycles. The van der Waals surface area contributed by atoms with Crippen LogP contribution in [0.5, 0.6) is 0 Å². The van der Waals surface area contributed by atoms with Crippen LogP contribution in [0.15, 0.2) is 54.6 Å². The summed E-state index contributed by atoms with van der Waals surface area (Å²) in [5.41, 5.74) is 3.19. The van der Waals surface area contributed by atoms with Gasteiger partial charge in [0.25, 0.3) is 5.69 Å². The molecule has 0 radical (unpaired) electrons. The minimum absolute atomic E-state index is 0.0163. The Kier molecular flexibility index (Phi) is 3.53. The summed E-state index contributed by atoms with van der Waals surface area (Å²) in [6, 6.07) is 11.7. The van der Waals surface area contributed by atoms with Crippen molar-refractivity contribution in [2.24, 2.45) is 5.92 Å². The van der Waals surface area contributed by atoms with E-state index in [9.17, 15) is 20.0 Å². The first-order chi connectivity index (χ1) is 12.0. The molecule has 3 atom stereocenters. The van der Waals surface area contributed by atoms with E-state index < -0.39 is 10.9 Å². The van der Waals surface area contributed by atoms with Gasteiger partial charge in [0, 0.05) is 23.7 Å². The van der Waals surface area contributed by atoms with Crippen LogP contribution in [0.25, 0.3) is 0 Å². The number of hydrogen-bond acceptors (Lipinski definition) is 4. The van der Waals surface area contributed by atoms with E-state index in [0.29, 0.717) is 5.92 Å². The summed E-state index contributed by atoms with van der Waals surface area (Å²) in [6.45, 7) is 0. The van der Waals surface area contributed by atoms with Crippen LogP contribution >= 0.6 is 0 Å². The molecule has 1 heterocycles. The van der Waals surface area contributed by atoms with Gasteiger partial charge in [0.1, 0.15) is 0 Å². The summed E-state index contributed by atoms with van der Waals surface area (Å²) in [4.78, 5) is 21.7. The molecule has 0 aromatic heterocycles. The van der Waals surface area contributed by atoms with Crippen LogP contribution in [-0.2, 0) is 0 Å². The maximum absolute atomic E-state index is 11.3. The number of aromatic carboxylic acids is 1. The van der Waals surface area contributed by atoms with E-state index in [2.05, 4.69) is 17.5 Å². The first kappa shape index (κ1) is 15.4. The number of nitrogens with zero attached hydrogens (tertiary/aromatic N) is 1. The predicted octanol–water partition coefficient (Wildman–Crippen LogP) is 4.12. The summed E-state index contributed by atoms with van der Waals surface area (Å²) < 4.78 is 0. The van der Waals surface area contributed by atoms with Gasteiger partial charge >= 0.3 is 5.97 Å². The smallest absolute Gasteiger partial charge is 0.335 e. The molecule has 1 aliphatic heterocycles. The van der Waals surface area contributed by atoms with Crippen molar-refractivity contribution < 1.29 is 14.8 Å². The van der Waals surface area contributed by atoms with E-state index in [1.165, 1.54) is 12.1 Å². The Labute approximate surface area is 144 Å². The molecule has 2 aromatic rings.